The van der Waals surface area contributed by atoms with Crippen LogP contribution < -0.4 is 5.32 Å². The minimum absolute atomic E-state index is 0.0723. The molecule has 1 aromatic heterocycles. The van der Waals surface area contributed by atoms with Crippen LogP contribution in [0.5, 0.6) is 0 Å². The first kappa shape index (κ1) is 19.2. The highest BCUT2D eigenvalue weighted by molar-refractivity contribution is 6.42. The summed E-state index contributed by atoms with van der Waals surface area (Å²) in [5.74, 6) is -0.878. The Balaban J connectivity index is 1.80. The van der Waals surface area contributed by atoms with Gasteiger partial charge < -0.3 is 10.1 Å². The molecule has 0 bridgehead atoms. The van der Waals surface area contributed by atoms with E-state index < -0.39 is 11.9 Å². The number of benzene rings is 1. The summed E-state index contributed by atoms with van der Waals surface area (Å²) in [7, 11) is 0. The topological polar surface area (TPSA) is 68.3 Å². The highest BCUT2D eigenvalue weighted by atomic mass is 35.5. The van der Waals surface area contributed by atoms with Crippen LogP contribution in [-0.4, -0.2) is 23.5 Å². The lowest BCUT2D eigenvalue weighted by Crippen LogP contribution is -2.31. The van der Waals surface area contributed by atoms with Gasteiger partial charge in [0.1, 0.15) is 0 Å². The van der Waals surface area contributed by atoms with Crippen molar-refractivity contribution in [1.29, 1.82) is 0 Å². The Kier molecular flexibility index (Phi) is 6.79. The Morgan fingerprint density at radius 2 is 1.96 bits per heavy atom. The first-order chi connectivity index (χ1) is 11.8. The maximum absolute atomic E-state index is 11.9. The summed E-state index contributed by atoms with van der Waals surface area (Å²) in [6.07, 6.45) is 1.69. The van der Waals surface area contributed by atoms with Crippen molar-refractivity contribution in [2.24, 2.45) is 0 Å². The summed E-state index contributed by atoms with van der Waals surface area (Å²) in [6, 6.07) is 8.45. The molecular weight excluding hydrogens is 363 g/mol. The highest BCUT2D eigenvalue weighted by Crippen LogP contribution is 2.25. The number of carbonyl (C=O) groups is 2. The number of esters is 1. The number of ether oxygens (including phenoxy) is 1. The summed E-state index contributed by atoms with van der Waals surface area (Å²) in [5, 5.41) is 3.60. The Morgan fingerprint density at radius 1 is 1.20 bits per heavy atom. The number of aryl methyl sites for hydroxylation is 1. The first-order valence-electron chi connectivity index (χ1n) is 7.66. The van der Waals surface area contributed by atoms with Gasteiger partial charge in [0, 0.05) is 11.9 Å². The van der Waals surface area contributed by atoms with E-state index in [9.17, 15) is 9.59 Å². The molecule has 7 heteroatoms. The molecule has 1 amide bonds. The van der Waals surface area contributed by atoms with Crippen LogP contribution >= 0.6 is 23.2 Å². The zero-order valence-electron chi connectivity index (χ0n) is 13.9. The molecular formula is C18H18Cl2N2O3. The third kappa shape index (κ3) is 6.03. The molecule has 1 atom stereocenters. The second kappa shape index (κ2) is 8.83. The van der Waals surface area contributed by atoms with Crippen LogP contribution in [0.25, 0.3) is 0 Å². The van der Waals surface area contributed by atoms with Crippen molar-refractivity contribution in [2.75, 3.05) is 6.61 Å². The molecule has 0 spiro atoms. The molecule has 25 heavy (non-hydrogen) atoms. The maximum atomic E-state index is 11.9. The van der Waals surface area contributed by atoms with E-state index in [1.54, 1.807) is 37.4 Å². The minimum atomic E-state index is -0.483. The summed E-state index contributed by atoms with van der Waals surface area (Å²) in [4.78, 5) is 27.8. The Bertz CT molecular complexity index is 763. The molecule has 2 rings (SSSR count). The van der Waals surface area contributed by atoms with Crippen molar-refractivity contribution in [3.05, 3.63) is 63.4 Å². The average Bonchev–Trinajstić information content (AvgIpc) is 2.57. The number of hydrogen-bond donors (Lipinski definition) is 1. The molecule has 0 saturated carbocycles. The lowest BCUT2D eigenvalue weighted by molar-refractivity contribution is -0.148. The molecule has 132 valence electrons. The highest BCUT2D eigenvalue weighted by Gasteiger charge is 2.13. The molecule has 1 aromatic carbocycles. The normalized spacial score (nSPS) is 11.7. The number of pyridine rings is 1. The van der Waals surface area contributed by atoms with Crippen molar-refractivity contribution in [2.45, 2.75) is 26.3 Å². The molecule has 0 saturated heterocycles. The van der Waals surface area contributed by atoms with Crippen molar-refractivity contribution < 1.29 is 14.3 Å². The van der Waals surface area contributed by atoms with Gasteiger partial charge >= 0.3 is 5.97 Å². The molecule has 0 aliphatic rings. The van der Waals surface area contributed by atoms with Gasteiger partial charge in [0.05, 0.1) is 22.5 Å². The van der Waals surface area contributed by atoms with Gasteiger partial charge in [-0.15, -0.1) is 0 Å². The molecule has 0 aliphatic carbocycles. The van der Waals surface area contributed by atoms with Crippen molar-refractivity contribution in [3.63, 3.8) is 0 Å². The second-order valence-electron chi connectivity index (χ2n) is 5.61. The molecule has 2 aromatic rings. The largest absolute Gasteiger partial charge is 0.455 e. The number of rotatable bonds is 6. The molecule has 1 unspecified atom stereocenters. The zero-order valence-corrected chi connectivity index (χ0v) is 15.4. The third-order valence-electron chi connectivity index (χ3n) is 3.51. The fraction of sp³-hybridized carbons (Fsp3) is 0.278. The van der Waals surface area contributed by atoms with E-state index in [0.717, 1.165) is 16.8 Å². The van der Waals surface area contributed by atoms with E-state index in [1.165, 1.54) is 0 Å². The summed E-state index contributed by atoms with van der Waals surface area (Å²) in [6.45, 7) is 3.32. The molecule has 5 nitrogen and oxygen atoms in total. The number of amides is 1. The molecule has 1 N–H and O–H groups in total. The van der Waals surface area contributed by atoms with Crippen molar-refractivity contribution in [1.82, 2.24) is 10.3 Å². The van der Waals surface area contributed by atoms with Crippen LogP contribution in [0.3, 0.4) is 0 Å². The fourth-order valence-electron chi connectivity index (χ4n) is 2.11. The van der Waals surface area contributed by atoms with Gasteiger partial charge in [-0.05, 0) is 43.2 Å². The smallest absolute Gasteiger partial charge is 0.310 e. The Hall–Kier alpha value is -2.11. The number of hydrogen-bond acceptors (Lipinski definition) is 4. The zero-order chi connectivity index (χ0) is 18.4. The Morgan fingerprint density at radius 3 is 2.60 bits per heavy atom. The summed E-state index contributed by atoms with van der Waals surface area (Å²) < 4.78 is 4.99. The summed E-state index contributed by atoms with van der Waals surface area (Å²) >= 11 is 11.8. The van der Waals surface area contributed by atoms with E-state index in [2.05, 4.69) is 10.3 Å². The van der Waals surface area contributed by atoms with Crippen molar-refractivity contribution in [3.8, 4) is 0 Å². The third-order valence-corrected chi connectivity index (χ3v) is 4.25. The van der Waals surface area contributed by atoms with Crippen LogP contribution in [0.15, 0.2) is 36.5 Å². The van der Waals surface area contributed by atoms with Crippen LogP contribution in [0.1, 0.15) is 29.8 Å². The fourth-order valence-corrected chi connectivity index (χ4v) is 2.42. The van der Waals surface area contributed by atoms with E-state index in [-0.39, 0.29) is 19.1 Å². The number of carbonyl (C=O) groups excluding carboxylic acids is 2. The predicted octanol–water partition coefficient (Wildman–Crippen LogP) is 3.66. The van der Waals surface area contributed by atoms with Gasteiger partial charge in [0.15, 0.2) is 6.61 Å². The lowest BCUT2D eigenvalue weighted by Gasteiger charge is -2.15. The summed E-state index contributed by atoms with van der Waals surface area (Å²) in [5.41, 5.74) is 2.41. The molecule has 0 radical (unpaired) electrons. The lowest BCUT2D eigenvalue weighted by atomic mass is 10.1. The van der Waals surface area contributed by atoms with Crippen LogP contribution in [-0.2, 0) is 20.7 Å². The number of aromatic nitrogens is 1. The Labute approximate surface area is 156 Å². The van der Waals surface area contributed by atoms with Crippen LogP contribution in [0.2, 0.25) is 10.0 Å². The number of halogens is 2. The first-order valence-corrected chi connectivity index (χ1v) is 8.42. The SMILES string of the molecule is Cc1ccc(CC(=O)OCC(=O)NC(C)c2ccc(Cl)c(Cl)c2)cn1. The van der Waals surface area contributed by atoms with Crippen LogP contribution in [0.4, 0.5) is 0 Å². The van der Waals surface area contributed by atoms with Gasteiger partial charge in [0.25, 0.3) is 5.91 Å². The van der Waals surface area contributed by atoms with Gasteiger partial charge in [-0.3, -0.25) is 14.6 Å². The average molecular weight is 381 g/mol. The molecule has 0 fully saturated rings. The molecule has 1 heterocycles. The van der Waals surface area contributed by atoms with Gasteiger partial charge in [-0.1, -0.05) is 35.3 Å². The monoisotopic (exact) mass is 380 g/mol. The van der Waals surface area contributed by atoms with Gasteiger partial charge in [-0.2, -0.15) is 0 Å². The number of nitrogens with zero attached hydrogens (tertiary/aromatic N) is 1. The maximum Gasteiger partial charge on any atom is 0.310 e. The van der Waals surface area contributed by atoms with Crippen molar-refractivity contribution >= 4 is 35.1 Å². The van der Waals surface area contributed by atoms with E-state index in [1.807, 2.05) is 13.0 Å². The second-order valence-corrected chi connectivity index (χ2v) is 6.42. The van der Waals surface area contributed by atoms with Gasteiger partial charge in [0.2, 0.25) is 0 Å². The van der Waals surface area contributed by atoms with E-state index in [0.29, 0.717) is 10.0 Å². The standard InChI is InChI=1S/C18H18Cl2N2O3/c1-11-3-4-13(9-21-11)7-18(24)25-10-17(23)22-12(2)14-5-6-15(19)16(20)8-14/h3-6,8-9,12H,7,10H2,1-2H3,(H,22,23). The quantitative estimate of drug-likeness (QED) is 0.776. The minimum Gasteiger partial charge on any atom is -0.455 e. The number of nitrogens with one attached hydrogen (secondary N) is 1. The predicted molar refractivity (Wildman–Crippen MR) is 96.7 cm³/mol. The van der Waals surface area contributed by atoms with E-state index >= 15 is 0 Å². The van der Waals surface area contributed by atoms with Crippen LogP contribution in [0, 0.1) is 6.92 Å². The van der Waals surface area contributed by atoms with E-state index in [4.69, 9.17) is 27.9 Å². The van der Waals surface area contributed by atoms with Gasteiger partial charge in [-0.25, -0.2) is 0 Å². The molecule has 0 aliphatic heterocycles.